The van der Waals surface area contributed by atoms with Crippen LogP contribution in [0.2, 0.25) is 0 Å². The first-order valence-electron chi connectivity index (χ1n) is 8.94. The fraction of sp³-hybridized carbons (Fsp3) is 0.316. The van der Waals surface area contributed by atoms with E-state index in [1.807, 2.05) is 0 Å². The van der Waals surface area contributed by atoms with Crippen molar-refractivity contribution in [3.05, 3.63) is 52.3 Å². The monoisotopic (exact) mass is 486 g/mol. The number of amides is 1. The Morgan fingerprint density at radius 3 is 2.66 bits per heavy atom. The summed E-state index contributed by atoms with van der Waals surface area (Å²) in [7, 11) is -3.86. The Morgan fingerprint density at radius 1 is 1.24 bits per heavy atom. The summed E-state index contributed by atoms with van der Waals surface area (Å²) in [6.07, 6.45) is 0. The van der Waals surface area contributed by atoms with Crippen molar-refractivity contribution in [1.82, 2.24) is 4.31 Å². The molecule has 0 bridgehead atoms. The van der Waals surface area contributed by atoms with Gasteiger partial charge in [0.25, 0.3) is 5.91 Å². The number of anilines is 1. The Balaban J connectivity index is 1.94. The van der Waals surface area contributed by atoms with E-state index >= 15 is 0 Å². The van der Waals surface area contributed by atoms with Gasteiger partial charge in [-0.3, -0.25) is 4.79 Å². The Kier molecular flexibility index (Phi) is 6.89. The molecule has 0 spiro atoms. The van der Waals surface area contributed by atoms with E-state index in [1.165, 1.54) is 40.7 Å². The molecule has 1 saturated heterocycles. The van der Waals surface area contributed by atoms with Crippen LogP contribution in [-0.4, -0.2) is 51.5 Å². The molecule has 10 heteroatoms. The van der Waals surface area contributed by atoms with Crippen molar-refractivity contribution < 1.29 is 27.1 Å². The second-order valence-corrected chi connectivity index (χ2v) is 9.01. The molecule has 0 aliphatic carbocycles. The predicted molar refractivity (Wildman–Crippen MR) is 109 cm³/mol. The number of nitrogens with one attached hydrogen (secondary N) is 1. The van der Waals surface area contributed by atoms with Gasteiger partial charge >= 0.3 is 0 Å². The zero-order valence-corrected chi connectivity index (χ0v) is 18.1. The van der Waals surface area contributed by atoms with E-state index in [4.69, 9.17) is 9.47 Å². The maximum absolute atomic E-state index is 14.0. The van der Waals surface area contributed by atoms with Gasteiger partial charge in [-0.25, -0.2) is 12.8 Å². The lowest BCUT2D eigenvalue weighted by Gasteiger charge is -2.27. The number of hydrogen-bond donors (Lipinski definition) is 1. The lowest BCUT2D eigenvalue weighted by molar-refractivity contribution is 0.0729. The van der Waals surface area contributed by atoms with Crippen molar-refractivity contribution >= 4 is 37.5 Å². The molecule has 3 rings (SSSR count). The largest absolute Gasteiger partial charge is 0.492 e. The van der Waals surface area contributed by atoms with Gasteiger partial charge in [-0.05, 0) is 43.3 Å². The van der Waals surface area contributed by atoms with Gasteiger partial charge in [0.2, 0.25) is 10.0 Å². The van der Waals surface area contributed by atoms with Crippen LogP contribution in [0.5, 0.6) is 5.75 Å². The number of sulfonamides is 1. The van der Waals surface area contributed by atoms with E-state index in [1.54, 1.807) is 6.92 Å². The van der Waals surface area contributed by atoms with E-state index in [0.29, 0.717) is 17.7 Å². The minimum atomic E-state index is -3.86. The van der Waals surface area contributed by atoms with E-state index in [-0.39, 0.29) is 41.6 Å². The molecule has 1 fully saturated rings. The first-order valence-corrected chi connectivity index (χ1v) is 11.2. The lowest BCUT2D eigenvalue weighted by atomic mass is 10.2. The fourth-order valence-corrected chi connectivity index (χ4v) is 4.78. The van der Waals surface area contributed by atoms with Gasteiger partial charge < -0.3 is 14.8 Å². The molecule has 1 heterocycles. The number of hydrogen-bond acceptors (Lipinski definition) is 5. The van der Waals surface area contributed by atoms with Crippen LogP contribution in [0.15, 0.2) is 45.8 Å². The standard InChI is InChI=1S/C19H20BrFN2O5S/c1-2-28-17-6-4-14(22-19(24)15-11-13(20)3-5-16(15)21)12-18(17)29(25,26)23-7-9-27-10-8-23/h3-6,11-12H,2,7-10H2,1H3,(H,22,24). The molecule has 0 radical (unpaired) electrons. The molecule has 0 atom stereocenters. The number of carbonyl (C=O) groups is 1. The fourth-order valence-electron chi connectivity index (χ4n) is 2.86. The third-order valence-corrected chi connectivity index (χ3v) is 6.68. The van der Waals surface area contributed by atoms with Gasteiger partial charge in [0, 0.05) is 23.2 Å². The van der Waals surface area contributed by atoms with Gasteiger partial charge in [-0.15, -0.1) is 0 Å². The highest BCUT2D eigenvalue weighted by Gasteiger charge is 2.30. The maximum Gasteiger partial charge on any atom is 0.258 e. The van der Waals surface area contributed by atoms with Crippen molar-refractivity contribution in [2.24, 2.45) is 0 Å². The first-order chi connectivity index (χ1) is 13.8. The average molecular weight is 487 g/mol. The summed E-state index contributed by atoms with van der Waals surface area (Å²) < 4.78 is 52.7. The van der Waals surface area contributed by atoms with E-state index in [0.717, 1.165) is 0 Å². The summed E-state index contributed by atoms with van der Waals surface area (Å²) >= 11 is 3.20. The van der Waals surface area contributed by atoms with Crippen LogP contribution in [0.3, 0.4) is 0 Å². The molecule has 1 aliphatic rings. The van der Waals surface area contributed by atoms with Crippen molar-refractivity contribution in [3.8, 4) is 5.75 Å². The molecule has 1 amide bonds. The van der Waals surface area contributed by atoms with Crippen molar-refractivity contribution in [2.45, 2.75) is 11.8 Å². The number of ether oxygens (including phenoxy) is 2. The molecule has 7 nitrogen and oxygen atoms in total. The molecule has 1 aliphatic heterocycles. The van der Waals surface area contributed by atoms with Gasteiger partial charge in [0.05, 0.1) is 25.4 Å². The van der Waals surface area contributed by atoms with E-state index < -0.39 is 21.7 Å². The predicted octanol–water partition coefficient (Wildman–Crippen LogP) is 3.26. The highest BCUT2D eigenvalue weighted by molar-refractivity contribution is 9.10. The van der Waals surface area contributed by atoms with Crippen LogP contribution < -0.4 is 10.1 Å². The third kappa shape index (κ3) is 4.95. The molecule has 2 aromatic carbocycles. The lowest BCUT2D eigenvalue weighted by Crippen LogP contribution is -2.40. The van der Waals surface area contributed by atoms with Gasteiger partial charge in [-0.1, -0.05) is 15.9 Å². The number of benzene rings is 2. The number of morpholine rings is 1. The summed E-state index contributed by atoms with van der Waals surface area (Å²) in [5, 5.41) is 2.55. The Morgan fingerprint density at radius 2 is 1.97 bits per heavy atom. The molecular weight excluding hydrogens is 467 g/mol. The molecule has 0 unspecified atom stereocenters. The number of halogens is 2. The minimum Gasteiger partial charge on any atom is -0.492 e. The Labute approximate surface area is 177 Å². The van der Waals surface area contributed by atoms with Crippen molar-refractivity contribution in [1.29, 1.82) is 0 Å². The smallest absolute Gasteiger partial charge is 0.258 e. The van der Waals surface area contributed by atoms with Crippen LogP contribution in [0.1, 0.15) is 17.3 Å². The Bertz CT molecular complexity index is 1010. The molecule has 2 aromatic rings. The number of nitrogens with zero attached hydrogens (tertiary/aromatic N) is 1. The average Bonchev–Trinajstić information content (AvgIpc) is 2.71. The highest BCUT2D eigenvalue weighted by Crippen LogP contribution is 2.31. The second-order valence-electron chi connectivity index (χ2n) is 6.19. The van der Waals surface area contributed by atoms with Crippen molar-refractivity contribution in [3.63, 3.8) is 0 Å². The molecule has 0 aromatic heterocycles. The summed E-state index contributed by atoms with van der Waals surface area (Å²) in [4.78, 5) is 12.4. The van der Waals surface area contributed by atoms with E-state index in [9.17, 15) is 17.6 Å². The quantitative estimate of drug-likeness (QED) is 0.677. The summed E-state index contributed by atoms with van der Waals surface area (Å²) in [6, 6.07) is 8.32. The molecule has 156 valence electrons. The first kappa shape index (κ1) is 21.7. The van der Waals surface area contributed by atoms with Gasteiger partial charge in [-0.2, -0.15) is 4.31 Å². The van der Waals surface area contributed by atoms with E-state index in [2.05, 4.69) is 21.2 Å². The van der Waals surface area contributed by atoms with Crippen LogP contribution in [0.25, 0.3) is 0 Å². The van der Waals surface area contributed by atoms with Crippen LogP contribution in [0, 0.1) is 5.82 Å². The summed E-state index contributed by atoms with van der Waals surface area (Å²) in [6.45, 7) is 3.10. The van der Waals surface area contributed by atoms with Crippen LogP contribution in [0.4, 0.5) is 10.1 Å². The normalized spacial score (nSPS) is 15.1. The van der Waals surface area contributed by atoms with Gasteiger partial charge in [0.15, 0.2) is 0 Å². The minimum absolute atomic E-state index is 0.0613. The van der Waals surface area contributed by atoms with Gasteiger partial charge in [0.1, 0.15) is 16.5 Å². The SMILES string of the molecule is CCOc1ccc(NC(=O)c2cc(Br)ccc2F)cc1S(=O)(=O)N1CCOCC1. The number of carbonyl (C=O) groups excluding carboxylic acids is 1. The highest BCUT2D eigenvalue weighted by atomic mass is 79.9. The molecular formula is C19H20BrFN2O5S. The number of rotatable bonds is 6. The van der Waals surface area contributed by atoms with Crippen LogP contribution in [-0.2, 0) is 14.8 Å². The molecule has 0 saturated carbocycles. The zero-order chi connectivity index (χ0) is 21.0. The zero-order valence-electron chi connectivity index (χ0n) is 15.7. The molecule has 29 heavy (non-hydrogen) atoms. The molecule has 1 N–H and O–H groups in total. The third-order valence-electron chi connectivity index (χ3n) is 4.26. The summed E-state index contributed by atoms with van der Waals surface area (Å²) in [5.74, 6) is -1.19. The van der Waals surface area contributed by atoms with Crippen molar-refractivity contribution in [2.75, 3.05) is 38.2 Å². The van der Waals surface area contributed by atoms with Crippen LogP contribution >= 0.6 is 15.9 Å². The maximum atomic E-state index is 14.0. The Hall–Kier alpha value is -2.01. The second kappa shape index (κ2) is 9.21. The summed E-state index contributed by atoms with van der Waals surface area (Å²) in [5.41, 5.74) is 0.0514. The topological polar surface area (TPSA) is 84.9 Å².